The number of benzene rings is 1. The molecule has 0 saturated carbocycles. The van der Waals surface area contributed by atoms with Crippen molar-refractivity contribution in [3.8, 4) is 28.3 Å². The zero-order valence-electron chi connectivity index (χ0n) is 15.9. The Bertz CT molecular complexity index is 1170. The van der Waals surface area contributed by atoms with Gasteiger partial charge in [-0.05, 0) is 30.3 Å². The first-order valence-corrected chi connectivity index (χ1v) is 8.92. The third kappa shape index (κ3) is 4.85. The van der Waals surface area contributed by atoms with E-state index in [0.717, 1.165) is 29.1 Å². The maximum Gasteiger partial charge on any atom is 0.490 e. The first kappa shape index (κ1) is 22.7. The number of fused-ring (bicyclic) bond motifs is 1. The minimum absolute atomic E-state index is 0.124. The molecule has 1 aromatic carbocycles. The van der Waals surface area contributed by atoms with Gasteiger partial charge in [0.2, 0.25) is 0 Å². The van der Waals surface area contributed by atoms with Crippen molar-refractivity contribution in [2.75, 3.05) is 6.54 Å². The highest BCUT2D eigenvalue weighted by Gasteiger charge is 2.38. The quantitative estimate of drug-likeness (QED) is 0.441. The number of nitrogens with one attached hydrogen (secondary N) is 2. The maximum absolute atomic E-state index is 13.6. The Morgan fingerprint density at radius 2 is 1.69 bits per heavy atom. The molecule has 0 aliphatic carbocycles. The molecule has 12 heteroatoms. The van der Waals surface area contributed by atoms with E-state index >= 15 is 0 Å². The molecule has 0 atom stereocenters. The van der Waals surface area contributed by atoms with Crippen LogP contribution in [0.15, 0.2) is 36.5 Å². The summed E-state index contributed by atoms with van der Waals surface area (Å²) < 4.78 is 58.9. The van der Waals surface area contributed by atoms with Crippen LogP contribution in [0.3, 0.4) is 0 Å². The molecule has 3 heterocycles. The fourth-order valence-electron chi connectivity index (χ4n) is 2.92. The Balaban J connectivity index is 0.000000360. The van der Waals surface area contributed by atoms with E-state index in [1.165, 1.54) is 6.20 Å². The molecule has 0 unspecified atom stereocenters. The zero-order chi connectivity index (χ0) is 23.6. The number of hydrogen-bond acceptors (Lipinski definition) is 4. The number of pyridine rings is 1. The molecule has 3 aromatic rings. The largest absolute Gasteiger partial charge is 0.503 e. The van der Waals surface area contributed by atoms with Crippen LogP contribution in [-0.4, -0.2) is 44.8 Å². The van der Waals surface area contributed by atoms with Crippen molar-refractivity contribution in [3.63, 3.8) is 0 Å². The van der Waals surface area contributed by atoms with E-state index in [-0.39, 0.29) is 11.5 Å². The average molecular weight is 455 g/mol. The number of aromatic nitrogens is 2. The van der Waals surface area contributed by atoms with Crippen molar-refractivity contribution in [3.05, 3.63) is 59.4 Å². The molecule has 1 amide bonds. The van der Waals surface area contributed by atoms with Gasteiger partial charge in [0.05, 0.1) is 11.3 Å². The van der Waals surface area contributed by atoms with E-state index in [0.29, 0.717) is 24.2 Å². The van der Waals surface area contributed by atoms with E-state index in [1.54, 1.807) is 18.2 Å². The molecule has 0 bridgehead atoms. The zero-order valence-corrected chi connectivity index (χ0v) is 15.9. The maximum atomic E-state index is 13.6. The summed E-state index contributed by atoms with van der Waals surface area (Å²) in [6.07, 6.45) is -2.85. The number of rotatable bonds is 2. The molecule has 168 valence electrons. The average Bonchev–Trinajstić information content (AvgIpc) is 3.17. The summed E-state index contributed by atoms with van der Waals surface area (Å²) in [7, 11) is 0. The highest BCUT2D eigenvalue weighted by Crippen LogP contribution is 2.30. The third-order valence-corrected chi connectivity index (χ3v) is 4.43. The molecule has 1 aliphatic heterocycles. The summed E-state index contributed by atoms with van der Waals surface area (Å²) in [5.41, 5.74) is 3.49. The van der Waals surface area contributed by atoms with Gasteiger partial charge in [0.15, 0.2) is 17.4 Å². The predicted molar refractivity (Wildman–Crippen MR) is 101 cm³/mol. The standard InChI is InChI=1S/C18H13F2N3O2.C2HF3O2/c19-12-5-10(6-13(20)17(12)24)15-7-9(1-3-21-15)16-8-11-14(23-16)2-4-22-18(11)25;3-2(4,5)1(6)7/h1,3,5-8,23-24H,2,4H2,(H,22,25);(H,6,7). The van der Waals surface area contributed by atoms with Crippen molar-refractivity contribution < 1.29 is 41.8 Å². The van der Waals surface area contributed by atoms with Gasteiger partial charge in [-0.25, -0.2) is 13.6 Å². The number of aromatic amines is 1. The van der Waals surface area contributed by atoms with Crippen LogP contribution in [-0.2, 0) is 11.2 Å². The lowest BCUT2D eigenvalue weighted by Crippen LogP contribution is -2.31. The number of phenols is 1. The number of hydrogen-bond donors (Lipinski definition) is 4. The van der Waals surface area contributed by atoms with Gasteiger partial charge in [-0.1, -0.05) is 0 Å². The molecular weight excluding hydrogens is 441 g/mol. The monoisotopic (exact) mass is 455 g/mol. The Kier molecular flexibility index (Phi) is 6.14. The van der Waals surface area contributed by atoms with Crippen LogP contribution in [0.1, 0.15) is 16.1 Å². The molecule has 0 radical (unpaired) electrons. The highest BCUT2D eigenvalue weighted by atomic mass is 19.4. The first-order chi connectivity index (χ1) is 15.0. The van der Waals surface area contributed by atoms with Gasteiger partial charge in [0.25, 0.3) is 5.91 Å². The van der Waals surface area contributed by atoms with Crippen LogP contribution < -0.4 is 5.32 Å². The van der Waals surface area contributed by atoms with Gasteiger partial charge in [0.1, 0.15) is 0 Å². The normalized spacial score (nSPS) is 13.0. The number of alkyl halides is 3. The second-order valence-electron chi connectivity index (χ2n) is 6.60. The molecule has 0 spiro atoms. The molecule has 1 aliphatic rings. The molecule has 4 N–H and O–H groups in total. The number of halogens is 5. The van der Waals surface area contributed by atoms with E-state index in [1.807, 2.05) is 0 Å². The van der Waals surface area contributed by atoms with E-state index in [2.05, 4.69) is 15.3 Å². The Hall–Kier alpha value is -3.96. The van der Waals surface area contributed by atoms with Gasteiger partial charge >= 0.3 is 12.1 Å². The summed E-state index contributed by atoms with van der Waals surface area (Å²) in [4.78, 5) is 28.1. The summed E-state index contributed by atoms with van der Waals surface area (Å²) in [5.74, 6) is -5.99. The van der Waals surface area contributed by atoms with Gasteiger partial charge in [-0.3, -0.25) is 9.78 Å². The van der Waals surface area contributed by atoms with Crippen molar-refractivity contribution >= 4 is 11.9 Å². The summed E-state index contributed by atoms with van der Waals surface area (Å²) in [6, 6.07) is 7.21. The number of carbonyl (C=O) groups excluding carboxylic acids is 1. The van der Waals surface area contributed by atoms with Gasteiger partial charge in [0, 0.05) is 41.7 Å². The minimum Gasteiger partial charge on any atom is -0.503 e. The summed E-state index contributed by atoms with van der Waals surface area (Å²) >= 11 is 0. The molecule has 7 nitrogen and oxygen atoms in total. The van der Waals surface area contributed by atoms with Crippen LogP contribution in [0.4, 0.5) is 22.0 Å². The van der Waals surface area contributed by atoms with Crippen molar-refractivity contribution in [1.29, 1.82) is 0 Å². The first-order valence-electron chi connectivity index (χ1n) is 8.92. The fourth-order valence-corrected chi connectivity index (χ4v) is 2.92. The molecule has 0 fully saturated rings. The number of carboxylic acids is 1. The van der Waals surface area contributed by atoms with Crippen LogP contribution >= 0.6 is 0 Å². The van der Waals surface area contributed by atoms with Gasteiger partial charge in [-0.15, -0.1) is 0 Å². The highest BCUT2D eigenvalue weighted by molar-refractivity contribution is 5.97. The number of carbonyl (C=O) groups is 2. The van der Waals surface area contributed by atoms with Crippen molar-refractivity contribution in [1.82, 2.24) is 15.3 Å². The number of nitrogens with zero attached hydrogens (tertiary/aromatic N) is 1. The SMILES string of the molecule is O=C(O)C(F)(F)F.O=C1NCCc2[nH]c(-c3ccnc(-c4cc(F)c(O)c(F)c4)c3)cc21. The van der Waals surface area contributed by atoms with Crippen molar-refractivity contribution in [2.24, 2.45) is 0 Å². The topological polar surface area (TPSA) is 115 Å². The summed E-state index contributed by atoms with van der Waals surface area (Å²) in [5, 5.41) is 19.1. The lowest BCUT2D eigenvalue weighted by atomic mass is 10.1. The number of phenolic OH excluding ortho intramolecular Hbond substituents is 1. The van der Waals surface area contributed by atoms with Crippen LogP contribution in [0.25, 0.3) is 22.5 Å². The van der Waals surface area contributed by atoms with E-state index in [4.69, 9.17) is 9.90 Å². The number of amides is 1. The lowest BCUT2D eigenvalue weighted by Gasteiger charge is -2.11. The van der Waals surface area contributed by atoms with Crippen molar-refractivity contribution in [2.45, 2.75) is 12.6 Å². The van der Waals surface area contributed by atoms with Crippen LogP contribution in [0, 0.1) is 11.6 Å². The molecule has 0 saturated heterocycles. The lowest BCUT2D eigenvalue weighted by molar-refractivity contribution is -0.192. The predicted octanol–water partition coefficient (Wildman–Crippen LogP) is 3.65. The van der Waals surface area contributed by atoms with Crippen LogP contribution in [0.2, 0.25) is 0 Å². The fraction of sp³-hybridized carbons (Fsp3) is 0.150. The van der Waals surface area contributed by atoms with E-state index in [9.17, 15) is 31.9 Å². The smallest absolute Gasteiger partial charge is 0.490 e. The Morgan fingerprint density at radius 3 is 2.25 bits per heavy atom. The van der Waals surface area contributed by atoms with Gasteiger partial charge < -0.3 is 20.5 Å². The number of aromatic hydroxyl groups is 1. The molecule has 4 rings (SSSR count). The Labute approximate surface area is 176 Å². The molecular formula is C20H14F5N3O4. The molecule has 2 aromatic heterocycles. The minimum atomic E-state index is -5.08. The van der Waals surface area contributed by atoms with Crippen LogP contribution in [0.5, 0.6) is 5.75 Å². The Morgan fingerprint density at radius 1 is 1.06 bits per heavy atom. The number of carboxylic acid groups (broad SMARTS) is 1. The number of aliphatic carboxylic acids is 1. The molecule has 32 heavy (non-hydrogen) atoms. The third-order valence-electron chi connectivity index (χ3n) is 4.43. The summed E-state index contributed by atoms with van der Waals surface area (Å²) in [6.45, 7) is 0.583. The second-order valence-corrected chi connectivity index (χ2v) is 6.60. The van der Waals surface area contributed by atoms with Gasteiger partial charge in [-0.2, -0.15) is 13.2 Å². The van der Waals surface area contributed by atoms with E-state index < -0.39 is 29.5 Å². The number of H-pyrrole nitrogens is 1. The second kappa shape index (κ2) is 8.65.